The van der Waals surface area contributed by atoms with Crippen molar-refractivity contribution in [2.75, 3.05) is 0 Å². The molecule has 0 fully saturated rings. The molecule has 0 saturated carbocycles. The summed E-state index contributed by atoms with van der Waals surface area (Å²) in [4.78, 5) is 0. The van der Waals surface area contributed by atoms with E-state index < -0.39 is 0 Å². The van der Waals surface area contributed by atoms with Gasteiger partial charge in [0.2, 0.25) is 0 Å². The first-order valence-electron chi connectivity index (χ1n) is 9.76. The first kappa shape index (κ1) is 21.0. The largest absolute Gasteiger partial charge is 0.0654 e. The number of hydrogen-bond acceptors (Lipinski definition) is 0. The van der Waals surface area contributed by atoms with Crippen molar-refractivity contribution in [3.63, 3.8) is 0 Å². The van der Waals surface area contributed by atoms with E-state index in [1.165, 1.54) is 70.6 Å². The van der Waals surface area contributed by atoms with Gasteiger partial charge < -0.3 is 0 Å². The maximum atomic E-state index is 2.44. The highest BCUT2D eigenvalue weighted by Crippen LogP contribution is 2.33. The van der Waals surface area contributed by atoms with E-state index in [0.29, 0.717) is 10.8 Å². The van der Waals surface area contributed by atoms with Crippen molar-refractivity contribution >= 4 is 0 Å². The Bertz CT molecular complexity index is 236. The summed E-state index contributed by atoms with van der Waals surface area (Å²) in [6.07, 6.45) is 15.5. The van der Waals surface area contributed by atoms with E-state index in [1.54, 1.807) is 0 Å². The summed E-state index contributed by atoms with van der Waals surface area (Å²) < 4.78 is 0. The fourth-order valence-corrected chi connectivity index (χ4v) is 3.57. The molecule has 0 amide bonds. The standard InChI is InChI=1S/C21H44/c1-8-16-21(6,7)17-14-12-11-13-15-19(9-2)18-20(4,5)10-3/h19H,8-18H2,1-7H3. The van der Waals surface area contributed by atoms with E-state index in [9.17, 15) is 0 Å². The normalized spacial score (nSPS) is 14.4. The molecule has 0 rings (SSSR count). The summed E-state index contributed by atoms with van der Waals surface area (Å²) >= 11 is 0. The second kappa shape index (κ2) is 10.7. The average Bonchev–Trinajstić information content (AvgIpc) is 2.41. The van der Waals surface area contributed by atoms with Gasteiger partial charge in [-0.05, 0) is 36.0 Å². The fourth-order valence-electron chi connectivity index (χ4n) is 3.57. The van der Waals surface area contributed by atoms with E-state index in [0.717, 1.165) is 5.92 Å². The molecule has 0 bridgehead atoms. The second-order valence-electron chi connectivity index (χ2n) is 8.86. The van der Waals surface area contributed by atoms with Crippen LogP contribution in [-0.2, 0) is 0 Å². The van der Waals surface area contributed by atoms with Crippen LogP contribution in [0.1, 0.15) is 119 Å². The molecule has 0 heteroatoms. The second-order valence-corrected chi connectivity index (χ2v) is 8.86. The van der Waals surface area contributed by atoms with E-state index in [1.807, 2.05) is 0 Å². The minimum Gasteiger partial charge on any atom is -0.0654 e. The first-order chi connectivity index (χ1) is 9.76. The van der Waals surface area contributed by atoms with E-state index >= 15 is 0 Å². The molecule has 0 aliphatic rings. The monoisotopic (exact) mass is 296 g/mol. The Morgan fingerprint density at radius 2 is 1.33 bits per heavy atom. The zero-order valence-electron chi connectivity index (χ0n) is 16.4. The maximum absolute atomic E-state index is 2.44. The van der Waals surface area contributed by atoms with Crippen molar-refractivity contribution < 1.29 is 0 Å². The molecule has 0 aromatic heterocycles. The zero-order chi connectivity index (χ0) is 16.4. The summed E-state index contributed by atoms with van der Waals surface area (Å²) in [7, 11) is 0. The number of rotatable bonds is 13. The minimum atomic E-state index is 0.546. The molecular weight excluding hydrogens is 252 g/mol. The summed E-state index contributed by atoms with van der Waals surface area (Å²) in [6, 6.07) is 0. The minimum absolute atomic E-state index is 0.546. The van der Waals surface area contributed by atoms with Crippen molar-refractivity contribution in [1.82, 2.24) is 0 Å². The third kappa shape index (κ3) is 11.2. The highest BCUT2D eigenvalue weighted by atomic mass is 14.3. The van der Waals surface area contributed by atoms with E-state index in [2.05, 4.69) is 48.5 Å². The molecule has 0 aliphatic carbocycles. The molecule has 1 atom stereocenters. The third-order valence-electron chi connectivity index (χ3n) is 5.52. The molecule has 0 aromatic rings. The average molecular weight is 297 g/mol. The highest BCUT2D eigenvalue weighted by Gasteiger charge is 2.20. The fraction of sp³-hybridized carbons (Fsp3) is 1.00. The van der Waals surface area contributed by atoms with Crippen LogP contribution in [0.3, 0.4) is 0 Å². The molecule has 0 N–H and O–H groups in total. The van der Waals surface area contributed by atoms with Gasteiger partial charge in [0.05, 0.1) is 0 Å². The Balaban J connectivity index is 3.74. The van der Waals surface area contributed by atoms with Crippen LogP contribution in [0, 0.1) is 16.7 Å². The summed E-state index contributed by atoms with van der Waals surface area (Å²) in [5.74, 6) is 0.955. The Hall–Kier alpha value is 0. The Morgan fingerprint density at radius 1 is 0.714 bits per heavy atom. The van der Waals surface area contributed by atoms with E-state index in [4.69, 9.17) is 0 Å². The smallest absolute Gasteiger partial charge is 0.0354 e. The highest BCUT2D eigenvalue weighted by molar-refractivity contribution is 4.72. The van der Waals surface area contributed by atoms with E-state index in [-0.39, 0.29) is 0 Å². The molecule has 128 valence electrons. The predicted molar refractivity (Wildman–Crippen MR) is 98.9 cm³/mol. The molecule has 0 spiro atoms. The van der Waals surface area contributed by atoms with Gasteiger partial charge in [-0.3, -0.25) is 0 Å². The van der Waals surface area contributed by atoms with Gasteiger partial charge >= 0.3 is 0 Å². The quantitative estimate of drug-likeness (QED) is 0.302. The molecule has 1 unspecified atom stereocenters. The van der Waals surface area contributed by atoms with Crippen LogP contribution in [0.2, 0.25) is 0 Å². The van der Waals surface area contributed by atoms with Gasteiger partial charge in [-0.15, -0.1) is 0 Å². The maximum Gasteiger partial charge on any atom is -0.0354 e. The molecule has 0 heterocycles. The summed E-state index contributed by atoms with van der Waals surface area (Å²) in [5, 5.41) is 0. The molecule has 0 radical (unpaired) electrons. The SMILES string of the molecule is CCCC(C)(C)CCCCCCC(CC)CC(C)(C)CC. The lowest BCUT2D eigenvalue weighted by molar-refractivity contribution is 0.238. The Labute approximate surface area is 136 Å². The summed E-state index contributed by atoms with van der Waals surface area (Å²) in [5.41, 5.74) is 1.12. The molecule has 0 aromatic carbocycles. The number of unbranched alkanes of at least 4 members (excludes halogenated alkanes) is 3. The van der Waals surface area contributed by atoms with Crippen LogP contribution < -0.4 is 0 Å². The zero-order valence-corrected chi connectivity index (χ0v) is 16.4. The first-order valence-corrected chi connectivity index (χ1v) is 9.76. The van der Waals surface area contributed by atoms with Gasteiger partial charge in [-0.1, -0.05) is 99.8 Å². The van der Waals surface area contributed by atoms with Crippen LogP contribution in [0.5, 0.6) is 0 Å². The van der Waals surface area contributed by atoms with Crippen molar-refractivity contribution in [3.05, 3.63) is 0 Å². The van der Waals surface area contributed by atoms with Crippen LogP contribution in [0.25, 0.3) is 0 Å². The van der Waals surface area contributed by atoms with Crippen molar-refractivity contribution in [3.8, 4) is 0 Å². The van der Waals surface area contributed by atoms with Crippen molar-refractivity contribution in [2.45, 2.75) is 119 Å². The van der Waals surface area contributed by atoms with Gasteiger partial charge in [0, 0.05) is 0 Å². The van der Waals surface area contributed by atoms with Gasteiger partial charge in [-0.2, -0.15) is 0 Å². The Kier molecular flexibility index (Phi) is 10.7. The van der Waals surface area contributed by atoms with Crippen LogP contribution in [0.4, 0.5) is 0 Å². The molecule has 0 nitrogen and oxygen atoms in total. The lowest BCUT2D eigenvalue weighted by atomic mass is 9.78. The van der Waals surface area contributed by atoms with Crippen LogP contribution in [0.15, 0.2) is 0 Å². The Morgan fingerprint density at radius 3 is 1.86 bits per heavy atom. The van der Waals surface area contributed by atoms with Gasteiger partial charge in [0.25, 0.3) is 0 Å². The van der Waals surface area contributed by atoms with Crippen LogP contribution >= 0.6 is 0 Å². The number of hydrogen-bond donors (Lipinski definition) is 0. The molecule has 0 aliphatic heterocycles. The van der Waals surface area contributed by atoms with Gasteiger partial charge in [0.1, 0.15) is 0 Å². The lowest BCUT2D eigenvalue weighted by Gasteiger charge is -2.28. The third-order valence-corrected chi connectivity index (χ3v) is 5.52. The predicted octanol–water partition coefficient (Wildman–Crippen LogP) is 8.01. The molecule has 21 heavy (non-hydrogen) atoms. The van der Waals surface area contributed by atoms with Gasteiger partial charge in [0.15, 0.2) is 0 Å². The lowest BCUT2D eigenvalue weighted by Crippen LogP contribution is -2.15. The van der Waals surface area contributed by atoms with Gasteiger partial charge in [-0.25, -0.2) is 0 Å². The summed E-state index contributed by atoms with van der Waals surface area (Å²) in [6.45, 7) is 16.8. The molecular formula is C21H44. The molecule has 0 saturated heterocycles. The van der Waals surface area contributed by atoms with Crippen molar-refractivity contribution in [1.29, 1.82) is 0 Å². The topological polar surface area (TPSA) is 0 Å². The van der Waals surface area contributed by atoms with Crippen LogP contribution in [-0.4, -0.2) is 0 Å². The van der Waals surface area contributed by atoms with Crippen molar-refractivity contribution in [2.24, 2.45) is 16.7 Å².